The number of hydrogen-bond acceptors (Lipinski definition) is 5. The summed E-state index contributed by atoms with van der Waals surface area (Å²) >= 11 is 0. The summed E-state index contributed by atoms with van der Waals surface area (Å²) in [5.74, 6) is 1.06. The fourth-order valence-corrected chi connectivity index (χ4v) is 3.20. The highest BCUT2D eigenvalue weighted by atomic mass is 16.5. The number of para-hydroxylation sites is 1. The molecule has 1 heterocycles. The van der Waals surface area contributed by atoms with Gasteiger partial charge in [0.1, 0.15) is 0 Å². The van der Waals surface area contributed by atoms with Gasteiger partial charge in [-0.1, -0.05) is 19.1 Å². The van der Waals surface area contributed by atoms with Crippen LogP contribution < -0.4 is 9.47 Å². The molecule has 0 aromatic heterocycles. The molecule has 6 heteroatoms. The van der Waals surface area contributed by atoms with E-state index in [1.165, 1.54) is 0 Å². The SMILES string of the molecule is CCN(C)C[C@]1(O)CCCN(Cc2cccc(OC)c2OC)C1=O. The second-order valence-corrected chi connectivity index (χ2v) is 6.34. The van der Waals surface area contributed by atoms with E-state index in [-0.39, 0.29) is 5.91 Å². The Morgan fingerprint density at radius 2 is 2.08 bits per heavy atom. The summed E-state index contributed by atoms with van der Waals surface area (Å²) in [5.41, 5.74) is -0.437. The molecule has 1 saturated heterocycles. The number of hydrogen-bond donors (Lipinski definition) is 1. The van der Waals surface area contributed by atoms with Crippen LogP contribution >= 0.6 is 0 Å². The van der Waals surface area contributed by atoms with E-state index in [1.807, 2.05) is 37.1 Å². The first-order valence-electron chi connectivity index (χ1n) is 8.35. The van der Waals surface area contributed by atoms with E-state index in [9.17, 15) is 9.90 Å². The summed E-state index contributed by atoms with van der Waals surface area (Å²) in [7, 11) is 5.09. The molecule has 1 aromatic rings. The third-order valence-electron chi connectivity index (χ3n) is 4.62. The Morgan fingerprint density at radius 3 is 2.71 bits per heavy atom. The monoisotopic (exact) mass is 336 g/mol. The van der Waals surface area contributed by atoms with Crippen molar-refractivity contribution in [3.63, 3.8) is 0 Å². The normalized spacial score (nSPS) is 21.2. The summed E-state index contributed by atoms with van der Waals surface area (Å²) < 4.78 is 10.8. The number of aliphatic hydroxyl groups is 1. The number of rotatable bonds is 7. The predicted octanol–water partition coefficient (Wildman–Crippen LogP) is 1.51. The summed E-state index contributed by atoms with van der Waals surface area (Å²) in [4.78, 5) is 16.5. The van der Waals surface area contributed by atoms with E-state index in [4.69, 9.17) is 9.47 Å². The Labute approximate surface area is 144 Å². The molecule has 1 fully saturated rings. The van der Waals surface area contributed by atoms with Crippen molar-refractivity contribution in [2.75, 3.05) is 40.9 Å². The van der Waals surface area contributed by atoms with Crippen molar-refractivity contribution in [3.05, 3.63) is 23.8 Å². The number of likely N-dealkylation sites (N-methyl/N-ethyl adjacent to an activating group) is 1. The molecule has 0 saturated carbocycles. The summed E-state index contributed by atoms with van der Waals surface area (Å²) in [6, 6.07) is 5.62. The van der Waals surface area contributed by atoms with Gasteiger partial charge < -0.3 is 24.4 Å². The number of amides is 1. The van der Waals surface area contributed by atoms with Crippen LogP contribution in [0.15, 0.2) is 18.2 Å². The molecule has 0 unspecified atom stereocenters. The Morgan fingerprint density at radius 1 is 1.33 bits per heavy atom. The molecule has 134 valence electrons. The van der Waals surface area contributed by atoms with Crippen LogP contribution in [0.25, 0.3) is 0 Å². The number of carbonyl (C=O) groups excluding carboxylic acids is 1. The van der Waals surface area contributed by atoms with Gasteiger partial charge in [-0.05, 0) is 32.5 Å². The van der Waals surface area contributed by atoms with E-state index >= 15 is 0 Å². The molecule has 1 aliphatic rings. The van der Waals surface area contributed by atoms with Gasteiger partial charge >= 0.3 is 0 Å². The lowest BCUT2D eigenvalue weighted by molar-refractivity contribution is -0.159. The third-order valence-corrected chi connectivity index (χ3v) is 4.62. The number of benzene rings is 1. The lowest BCUT2D eigenvalue weighted by Crippen LogP contribution is -2.57. The number of likely N-dealkylation sites (tertiary alicyclic amines) is 1. The molecule has 0 radical (unpaired) electrons. The fourth-order valence-electron chi connectivity index (χ4n) is 3.20. The van der Waals surface area contributed by atoms with Crippen molar-refractivity contribution in [1.82, 2.24) is 9.80 Å². The summed E-state index contributed by atoms with van der Waals surface area (Å²) in [5, 5.41) is 10.8. The number of nitrogens with zero attached hydrogens (tertiary/aromatic N) is 2. The summed E-state index contributed by atoms with van der Waals surface area (Å²) in [6.45, 7) is 4.19. The third kappa shape index (κ3) is 3.82. The van der Waals surface area contributed by atoms with Crippen LogP contribution in [0.4, 0.5) is 0 Å². The van der Waals surface area contributed by atoms with Gasteiger partial charge in [-0.2, -0.15) is 0 Å². The van der Waals surface area contributed by atoms with Gasteiger partial charge in [0, 0.05) is 25.2 Å². The van der Waals surface area contributed by atoms with Gasteiger partial charge in [-0.3, -0.25) is 4.79 Å². The Bertz CT molecular complexity index is 578. The van der Waals surface area contributed by atoms with Crippen LogP contribution in [0.2, 0.25) is 0 Å². The molecular formula is C18H28N2O4. The maximum atomic E-state index is 12.8. The van der Waals surface area contributed by atoms with Gasteiger partial charge in [0.05, 0.1) is 14.2 Å². The number of ether oxygens (including phenoxy) is 2. The lowest BCUT2D eigenvalue weighted by Gasteiger charge is -2.40. The smallest absolute Gasteiger partial charge is 0.256 e. The van der Waals surface area contributed by atoms with Crippen LogP contribution in [0.1, 0.15) is 25.3 Å². The minimum Gasteiger partial charge on any atom is -0.493 e. The minimum atomic E-state index is -1.31. The van der Waals surface area contributed by atoms with Gasteiger partial charge in [-0.25, -0.2) is 0 Å². The number of carbonyl (C=O) groups is 1. The van der Waals surface area contributed by atoms with Crippen molar-refractivity contribution in [2.45, 2.75) is 31.9 Å². The van der Waals surface area contributed by atoms with Crippen molar-refractivity contribution >= 4 is 5.91 Å². The first-order valence-corrected chi connectivity index (χ1v) is 8.35. The first-order chi connectivity index (χ1) is 11.4. The molecule has 1 atom stereocenters. The number of piperidine rings is 1. The van der Waals surface area contributed by atoms with Crippen molar-refractivity contribution in [3.8, 4) is 11.5 Å². The molecule has 24 heavy (non-hydrogen) atoms. The lowest BCUT2D eigenvalue weighted by atomic mass is 9.90. The molecule has 2 rings (SSSR count). The van der Waals surface area contributed by atoms with Crippen LogP contribution in [-0.4, -0.2) is 67.3 Å². The minimum absolute atomic E-state index is 0.209. The van der Waals surface area contributed by atoms with Gasteiger partial charge in [0.25, 0.3) is 5.91 Å². The first kappa shape index (κ1) is 18.5. The highest BCUT2D eigenvalue weighted by Gasteiger charge is 2.42. The van der Waals surface area contributed by atoms with Crippen molar-refractivity contribution < 1.29 is 19.4 Å². The Balaban J connectivity index is 2.19. The van der Waals surface area contributed by atoms with Gasteiger partial charge in [0.15, 0.2) is 17.1 Å². The van der Waals surface area contributed by atoms with Gasteiger partial charge in [-0.15, -0.1) is 0 Å². The molecule has 1 N–H and O–H groups in total. The quantitative estimate of drug-likeness (QED) is 0.818. The van der Waals surface area contributed by atoms with E-state index in [0.717, 1.165) is 18.5 Å². The zero-order valence-corrected chi connectivity index (χ0v) is 15.0. The van der Waals surface area contributed by atoms with E-state index in [1.54, 1.807) is 19.1 Å². The topological polar surface area (TPSA) is 62.2 Å². The molecule has 0 aliphatic carbocycles. The second-order valence-electron chi connectivity index (χ2n) is 6.34. The van der Waals surface area contributed by atoms with Crippen LogP contribution in [0, 0.1) is 0 Å². The maximum absolute atomic E-state index is 12.8. The molecule has 6 nitrogen and oxygen atoms in total. The molecular weight excluding hydrogens is 308 g/mol. The largest absolute Gasteiger partial charge is 0.493 e. The molecule has 1 aromatic carbocycles. The zero-order valence-electron chi connectivity index (χ0n) is 15.0. The second kappa shape index (κ2) is 7.85. The average molecular weight is 336 g/mol. The number of methoxy groups -OCH3 is 2. The van der Waals surface area contributed by atoms with Crippen molar-refractivity contribution in [2.24, 2.45) is 0 Å². The average Bonchev–Trinajstić information content (AvgIpc) is 2.58. The standard InChI is InChI=1S/C18H28N2O4/c1-5-19(2)13-18(22)10-7-11-20(17(18)21)12-14-8-6-9-15(23-3)16(14)24-4/h6,8-9,22H,5,7,10-13H2,1-4H3/t18-/m1/s1. The summed E-state index contributed by atoms with van der Waals surface area (Å²) in [6.07, 6.45) is 1.29. The maximum Gasteiger partial charge on any atom is 0.256 e. The van der Waals surface area contributed by atoms with Crippen LogP contribution in [0.5, 0.6) is 11.5 Å². The Hall–Kier alpha value is -1.79. The molecule has 1 amide bonds. The highest BCUT2D eigenvalue weighted by molar-refractivity contribution is 5.86. The molecule has 0 bridgehead atoms. The van der Waals surface area contributed by atoms with E-state index in [0.29, 0.717) is 37.6 Å². The molecule has 1 aliphatic heterocycles. The fraction of sp³-hybridized carbons (Fsp3) is 0.611. The molecule has 0 spiro atoms. The van der Waals surface area contributed by atoms with Crippen LogP contribution in [-0.2, 0) is 11.3 Å². The van der Waals surface area contributed by atoms with Crippen molar-refractivity contribution in [1.29, 1.82) is 0 Å². The van der Waals surface area contributed by atoms with Gasteiger partial charge in [0.2, 0.25) is 0 Å². The van der Waals surface area contributed by atoms with Crippen LogP contribution in [0.3, 0.4) is 0 Å². The van der Waals surface area contributed by atoms with E-state index < -0.39 is 5.60 Å². The van der Waals surface area contributed by atoms with E-state index in [2.05, 4.69) is 0 Å². The predicted molar refractivity (Wildman–Crippen MR) is 92.3 cm³/mol. The Kier molecular flexibility index (Phi) is 6.07. The zero-order chi connectivity index (χ0) is 17.7. The highest BCUT2D eigenvalue weighted by Crippen LogP contribution is 2.33.